The number of carbonyl (C=O) groups excluding carboxylic acids is 1. The zero-order valence-corrected chi connectivity index (χ0v) is 7.07. The van der Waals surface area contributed by atoms with Crippen molar-refractivity contribution >= 4 is 11.7 Å². The van der Waals surface area contributed by atoms with E-state index in [1.54, 1.807) is 12.1 Å². The lowest BCUT2D eigenvalue weighted by Gasteiger charge is -2.03. The van der Waals surface area contributed by atoms with Crippen molar-refractivity contribution in [2.75, 3.05) is 12.4 Å². The zero-order chi connectivity index (χ0) is 9.68. The number of hydrazine groups is 1. The third kappa shape index (κ3) is 2.60. The van der Waals surface area contributed by atoms with Crippen LogP contribution in [0.2, 0.25) is 0 Å². The Morgan fingerprint density at radius 2 is 2.38 bits per heavy atom. The van der Waals surface area contributed by atoms with Crippen LogP contribution in [0, 0.1) is 0 Å². The number of anilines is 1. The fourth-order valence-corrected chi connectivity index (χ4v) is 0.742. The third-order valence-corrected chi connectivity index (χ3v) is 1.33. The van der Waals surface area contributed by atoms with Gasteiger partial charge < -0.3 is 10.1 Å². The minimum Gasteiger partial charge on any atom is -0.481 e. The van der Waals surface area contributed by atoms with E-state index in [9.17, 15) is 4.79 Å². The molecule has 0 saturated heterocycles. The molecule has 0 aliphatic rings. The molecule has 0 saturated carbocycles. The van der Waals surface area contributed by atoms with Gasteiger partial charge in [-0.15, -0.1) is 0 Å². The highest BCUT2D eigenvalue weighted by Gasteiger charge is 1.98. The molecule has 6 heteroatoms. The minimum atomic E-state index is -0.494. The summed E-state index contributed by atoms with van der Waals surface area (Å²) in [5, 5.41) is 2.45. The monoisotopic (exact) mass is 182 g/mol. The topological polar surface area (TPSA) is 89.3 Å². The molecule has 4 N–H and O–H groups in total. The van der Waals surface area contributed by atoms with Gasteiger partial charge in [-0.1, -0.05) is 0 Å². The molecule has 0 radical (unpaired) electrons. The number of carbonyl (C=O) groups is 1. The molecule has 2 amide bonds. The SMILES string of the molecule is COc1ccc(NC(=O)NN)cn1. The lowest BCUT2D eigenvalue weighted by molar-refractivity contribution is 0.252. The first-order valence-electron chi connectivity index (χ1n) is 3.54. The predicted octanol–water partition coefficient (Wildman–Crippen LogP) is 0.0854. The van der Waals surface area contributed by atoms with Crippen LogP contribution < -0.4 is 21.3 Å². The number of nitrogens with one attached hydrogen (secondary N) is 2. The molecule has 1 aromatic heterocycles. The average molecular weight is 182 g/mol. The highest BCUT2D eigenvalue weighted by molar-refractivity contribution is 5.88. The summed E-state index contributed by atoms with van der Waals surface area (Å²) in [5.41, 5.74) is 2.48. The highest BCUT2D eigenvalue weighted by atomic mass is 16.5. The third-order valence-electron chi connectivity index (χ3n) is 1.33. The fourth-order valence-electron chi connectivity index (χ4n) is 0.742. The van der Waals surface area contributed by atoms with E-state index in [0.29, 0.717) is 11.6 Å². The molecule has 0 unspecified atom stereocenters. The number of hydrogen-bond donors (Lipinski definition) is 3. The maximum absolute atomic E-state index is 10.7. The predicted molar refractivity (Wildman–Crippen MR) is 47.1 cm³/mol. The molecule has 70 valence electrons. The van der Waals surface area contributed by atoms with E-state index in [1.807, 2.05) is 5.43 Å². The van der Waals surface area contributed by atoms with E-state index >= 15 is 0 Å². The molecule has 1 rings (SSSR count). The standard InChI is InChI=1S/C7H10N4O2/c1-13-6-3-2-5(4-9-6)10-7(12)11-8/h2-4H,8H2,1H3,(H2,10,11,12). The van der Waals surface area contributed by atoms with Gasteiger partial charge in [0, 0.05) is 6.07 Å². The van der Waals surface area contributed by atoms with Crippen molar-refractivity contribution in [3.05, 3.63) is 18.3 Å². The van der Waals surface area contributed by atoms with E-state index in [2.05, 4.69) is 10.3 Å². The van der Waals surface area contributed by atoms with Gasteiger partial charge in [0.15, 0.2) is 0 Å². The molecule has 0 aliphatic heterocycles. The number of amides is 2. The van der Waals surface area contributed by atoms with Crippen LogP contribution >= 0.6 is 0 Å². The zero-order valence-electron chi connectivity index (χ0n) is 7.07. The van der Waals surface area contributed by atoms with Gasteiger partial charge in [-0.25, -0.2) is 15.6 Å². The van der Waals surface area contributed by atoms with E-state index in [4.69, 9.17) is 10.6 Å². The second-order valence-electron chi connectivity index (χ2n) is 2.19. The molecule has 0 aliphatic carbocycles. The van der Waals surface area contributed by atoms with Crippen molar-refractivity contribution in [3.63, 3.8) is 0 Å². The maximum atomic E-state index is 10.7. The second kappa shape index (κ2) is 4.27. The van der Waals surface area contributed by atoms with Crippen LogP contribution in [0.1, 0.15) is 0 Å². The lowest BCUT2D eigenvalue weighted by atomic mass is 10.4. The second-order valence-corrected chi connectivity index (χ2v) is 2.19. The summed E-state index contributed by atoms with van der Waals surface area (Å²) in [6.07, 6.45) is 1.47. The summed E-state index contributed by atoms with van der Waals surface area (Å²) < 4.78 is 4.84. The summed E-state index contributed by atoms with van der Waals surface area (Å²) in [6.45, 7) is 0. The molecular formula is C7H10N4O2. The van der Waals surface area contributed by atoms with E-state index in [-0.39, 0.29) is 0 Å². The molecule has 0 spiro atoms. The number of methoxy groups -OCH3 is 1. The highest BCUT2D eigenvalue weighted by Crippen LogP contribution is 2.10. The minimum absolute atomic E-state index is 0.485. The number of ether oxygens (including phenoxy) is 1. The van der Waals surface area contributed by atoms with E-state index < -0.39 is 6.03 Å². The Balaban J connectivity index is 2.64. The molecule has 0 bridgehead atoms. The molecule has 1 heterocycles. The van der Waals surface area contributed by atoms with Crippen molar-refractivity contribution < 1.29 is 9.53 Å². The molecule has 0 atom stereocenters. The fraction of sp³-hybridized carbons (Fsp3) is 0.143. The largest absolute Gasteiger partial charge is 0.481 e. The number of rotatable bonds is 2. The van der Waals surface area contributed by atoms with Gasteiger partial charge in [0.05, 0.1) is 19.0 Å². The van der Waals surface area contributed by atoms with E-state index in [1.165, 1.54) is 13.3 Å². The van der Waals surface area contributed by atoms with Crippen LogP contribution in [0.5, 0.6) is 5.88 Å². The van der Waals surface area contributed by atoms with Crippen molar-refractivity contribution in [1.29, 1.82) is 0 Å². The van der Waals surface area contributed by atoms with Crippen molar-refractivity contribution in [3.8, 4) is 5.88 Å². The van der Waals surface area contributed by atoms with Crippen molar-refractivity contribution in [1.82, 2.24) is 10.4 Å². The van der Waals surface area contributed by atoms with Crippen molar-refractivity contribution in [2.24, 2.45) is 5.84 Å². The summed E-state index contributed by atoms with van der Waals surface area (Å²) in [6, 6.07) is 2.79. The summed E-state index contributed by atoms with van der Waals surface area (Å²) in [4.78, 5) is 14.6. The maximum Gasteiger partial charge on any atom is 0.333 e. The van der Waals surface area contributed by atoms with Crippen molar-refractivity contribution in [2.45, 2.75) is 0 Å². The van der Waals surface area contributed by atoms with Gasteiger partial charge in [0.1, 0.15) is 0 Å². The van der Waals surface area contributed by atoms with Crippen LogP contribution in [0.15, 0.2) is 18.3 Å². The number of pyridine rings is 1. The summed E-state index contributed by atoms with van der Waals surface area (Å²) in [7, 11) is 1.52. The van der Waals surface area contributed by atoms with Gasteiger partial charge in [-0.2, -0.15) is 0 Å². The van der Waals surface area contributed by atoms with Crippen LogP contribution in [-0.2, 0) is 0 Å². The normalized spacial score (nSPS) is 9.08. The van der Waals surface area contributed by atoms with Gasteiger partial charge >= 0.3 is 6.03 Å². The quantitative estimate of drug-likeness (QED) is 0.343. The lowest BCUT2D eigenvalue weighted by Crippen LogP contribution is -2.34. The van der Waals surface area contributed by atoms with Crippen LogP contribution in [0.25, 0.3) is 0 Å². The summed E-state index contributed by atoms with van der Waals surface area (Å²) >= 11 is 0. The van der Waals surface area contributed by atoms with Gasteiger partial charge in [0.25, 0.3) is 0 Å². The van der Waals surface area contributed by atoms with Crippen LogP contribution in [-0.4, -0.2) is 18.1 Å². The Morgan fingerprint density at radius 3 is 2.85 bits per heavy atom. The number of nitrogens with two attached hydrogens (primary N) is 1. The Bertz CT molecular complexity index is 285. The van der Waals surface area contributed by atoms with Gasteiger partial charge in [0.2, 0.25) is 5.88 Å². The summed E-state index contributed by atoms with van der Waals surface area (Å²) in [5.74, 6) is 5.35. The Hall–Kier alpha value is -1.82. The number of urea groups is 1. The first-order valence-corrected chi connectivity index (χ1v) is 3.54. The van der Waals surface area contributed by atoms with Crippen LogP contribution in [0.3, 0.4) is 0 Å². The van der Waals surface area contributed by atoms with Gasteiger partial charge in [-0.05, 0) is 6.07 Å². The Kier molecular flexibility index (Phi) is 3.04. The first-order chi connectivity index (χ1) is 6.26. The first kappa shape index (κ1) is 9.27. The average Bonchev–Trinajstić information content (AvgIpc) is 2.19. The van der Waals surface area contributed by atoms with E-state index in [0.717, 1.165) is 0 Å². The number of nitrogens with zero attached hydrogens (tertiary/aromatic N) is 1. The Labute approximate surface area is 75.1 Å². The molecule has 13 heavy (non-hydrogen) atoms. The molecule has 6 nitrogen and oxygen atoms in total. The van der Waals surface area contributed by atoms with Gasteiger partial charge in [-0.3, -0.25) is 5.43 Å². The Morgan fingerprint density at radius 1 is 1.62 bits per heavy atom. The molecular weight excluding hydrogens is 172 g/mol. The smallest absolute Gasteiger partial charge is 0.333 e. The molecule has 0 fully saturated rings. The number of hydrogen-bond acceptors (Lipinski definition) is 4. The molecule has 1 aromatic rings. The number of aromatic nitrogens is 1. The molecule has 0 aromatic carbocycles. The van der Waals surface area contributed by atoms with Crippen LogP contribution in [0.4, 0.5) is 10.5 Å².